The number of fused-ring (bicyclic) bond motifs is 1. The van der Waals surface area contributed by atoms with Crippen molar-refractivity contribution in [2.75, 3.05) is 5.32 Å². The first-order valence-corrected chi connectivity index (χ1v) is 6.47. The molecule has 1 N–H and O–H groups in total. The summed E-state index contributed by atoms with van der Waals surface area (Å²) in [7, 11) is 0. The van der Waals surface area contributed by atoms with Crippen molar-refractivity contribution in [3.63, 3.8) is 0 Å². The van der Waals surface area contributed by atoms with Crippen LogP contribution in [0, 0.1) is 19.7 Å². The van der Waals surface area contributed by atoms with Crippen molar-refractivity contribution in [2.24, 2.45) is 0 Å². The average molecular weight is 284 g/mol. The van der Waals surface area contributed by atoms with E-state index in [0.717, 1.165) is 0 Å². The zero-order valence-corrected chi connectivity index (χ0v) is 11.6. The Morgan fingerprint density at radius 3 is 2.76 bits per heavy atom. The van der Waals surface area contributed by atoms with Gasteiger partial charge in [0, 0.05) is 18.2 Å². The molecule has 1 amide bonds. The zero-order chi connectivity index (χ0) is 15.0. The number of carbonyl (C=O) groups is 1. The summed E-state index contributed by atoms with van der Waals surface area (Å²) in [6, 6.07) is 9.48. The van der Waals surface area contributed by atoms with Gasteiger partial charge in [-0.1, -0.05) is 0 Å². The molecule has 0 atom stereocenters. The first kappa shape index (κ1) is 13.3. The lowest BCUT2D eigenvalue weighted by atomic mass is 10.1. The summed E-state index contributed by atoms with van der Waals surface area (Å²) < 4.78 is 18.6. The fraction of sp³-hybridized carbons (Fsp3) is 0.125. The molecule has 1 heterocycles. The number of nitrogens with one attached hydrogen (secondary N) is 1. The zero-order valence-electron chi connectivity index (χ0n) is 11.6. The van der Waals surface area contributed by atoms with Crippen molar-refractivity contribution >= 4 is 22.7 Å². The van der Waals surface area contributed by atoms with Gasteiger partial charge in [-0.2, -0.15) is 0 Å². The van der Waals surface area contributed by atoms with Gasteiger partial charge in [-0.25, -0.2) is 9.37 Å². The lowest BCUT2D eigenvalue weighted by Gasteiger charge is -2.06. The standard InChI is InChI=1S/C16H13FN2O2/c1-9-7-11(3-5-13(9)17)16(20)19-12-4-6-15-14(8-12)18-10(2)21-15/h3-8H,1-2H3,(H,19,20). The molecule has 0 saturated heterocycles. The van der Waals surface area contributed by atoms with Gasteiger partial charge in [0.05, 0.1) is 0 Å². The van der Waals surface area contributed by atoms with Gasteiger partial charge >= 0.3 is 0 Å². The van der Waals surface area contributed by atoms with Gasteiger partial charge in [-0.05, 0) is 48.9 Å². The van der Waals surface area contributed by atoms with Crippen LogP contribution in [0.25, 0.3) is 11.1 Å². The maximum absolute atomic E-state index is 13.2. The number of hydrogen-bond acceptors (Lipinski definition) is 3. The number of nitrogens with zero attached hydrogens (tertiary/aromatic N) is 1. The maximum Gasteiger partial charge on any atom is 0.255 e. The molecule has 2 aromatic carbocycles. The second-order valence-electron chi connectivity index (χ2n) is 4.83. The van der Waals surface area contributed by atoms with E-state index in [1.54, 1.807) is 32.0 Å². The van der Waals surface area contributed by atoms with Crippen LogP contribution in [0.1, 0.15) is 21.8 Å². The van der Waals surface area contributed by atoms with Crippen molar-refractivity contribution in [1.29, 1.82) is 0 Å². The van der Waals surface area contributed by atoms with Gasteiger partial charge in [0.1, 0.15) is 11.3 Å². The Bertz CT molecular complexity index is 839. The molecule has 3 rings (SSSR count). The average Bonchev–Trinajstić information content (AvgIpc) is 2.81. The number of aromatic nitrogens is 1. The molecule has 0 aliphatic carbocycles. The molecule has 0 spiro atoms. The summed E-state index contributed by atoms with van der Waals surface area (Å²) in [5.74, 6) is -0.0497. The molecule has 0 radical (unpaired) electrons. The van der Waals surface area contributed by atoms with E-state index in [9.17, 15) is 9.18 Å². The highest BCUT2D eigenvalue weighted by molar-refractivity contribution is 6.05. The summed E-state index contributed by atoms with van der Waals surface area (Å²) in [6.07, 6.45) is 0. The number of halogens is 1. The van der Waals surface area contributed by atoms with Crippen LogP contribution < -0.4 is 5.32 Å². The van der Waals surface area contributed by atoms with Crippen LogP contribution in [0.2, 0.25) is 0 Å². The summed E-state index contributed by atoms with van der Waals surface area (Å²) >= 11 is 0. The Labute approximate surface area is 120 Å². The van der Waals surface area contributed by atoms with E-state index in [-0.39, 0.29) is 11.7 Å². The van der Waals surface area contributed by atoms with E-state index >= 15 is 0 Å². The number of aryl methyl sites for hydroxylation is 2. The Hall–Kier alpha value is -2.69. The van der Waals surface area contributed by atoms with Crippen LogP contribution in [0.3, 0.4) is 0 Å². The normalized spacial score (nSPS) is 10.8. The lowest BCUT2D eigenvalue weighted by Crippen LogP contribution is -2.12. The molecule has 1 aromatic heterocycles. The molecule has 0 unspecified atom stereocenters. The molecule has 0 bridgehead atoms. The fourth-order valence-corrected chi connectivity index (χ4v) is 2.11. The van der Waals surface area contributed by atoms with E-state index in [4.69, 9.17) is 4.42 Å². The van der Waals surface area contributed by atoms with Gasteiger partial charge in [0.15, 0.2) is 11.5 Å². The number of anilines is 1. The number of rotatable bonds is 2. The molecule has 3 aromatic rings. The minimum absolute atomic E-state index is 0.294. The van der Waals surface area contributed by atoms with Crippen molar-refractivity contribution in [3.8, 4) is 0 Å². The van der Waals surface area contributed by atoms with Crippen LogP contribution in [0.15, 0.2) is 40.8 Å². The Morgan fingerprint density at radius 1 is 1.19 bits per heavy atom. The van der Waals surface area contributed by atoms with Crippen molar-refractivity contribution in [3.05, 3.63) is 59.2 Å². The largest absolute Gasteiger partial charge is 0.441 e. The molecule has 106 valence electrons. The van der Waals surface area contributed by atoms with Crippen molar-refractivity contribution in [1.82, 2.24) is 4.98 Å². The van der Waals surface area contributed by atoms with Gasteiger partial charge in [0.2, 0.25) is 0 Å². The number of oxazole rings is 1. The fourth-order valence-electron chi connectivity index (χ4n) is 2.11. The van der Waals surface area contributed by atoms with Gasteiger partial charge in [0.25, 0.3) is 5.91 Å². The quantitative estimate of drug-likeness (QED) is 0.778. The van der Waals surface area contributed by atoms with Crippen molar-refractivity contribution < 1.29 is 13.6 Å². The second-order valence-corrected chi connectivity index (χ2v) is 4.83. The molecule has 0 fully saturated rings. The number of carbonyl (C=O) groups excluding carboxylic acids is 1. The Balaban J connectivity index is 1.86. The van der Waals surface area contributed by atoms with E-state index in [1.165, 1.54) is 18.2 Å². The highest BCUT2D eigenvalue weighted by atomic mass is 19.1. The molecule has 0 saturated carbocycles. The summed E-state index contributed by atoms with van der Waals surface area (Å²) in [5, 5.41) is 2.76. The summed E-state index contributed by atoms with van der Waals surface area (Å²) in [6.45, 7) is 3.38. The van der Waals surface area contributed by atoms with Gasteiger partial charge < -0.3 is 9.73 Å². The van der Waals surface area contributed by atoms with Crippen LogP contribution in [0.5, 0.6) is 0 Å². The number of amides is 1. The minimum atomic E-state index is -0.328. The van der Waals surface area contributed by atoms with Crippen molar-refractivity contribution in [2.45, 2.75) is 13.8 Å². The number of hydrogen-bond donors (Lipinski definition) is 1. The molecule has 0 aliphatic heterocycles. The first-order valence-electron chi connectivity index (χ1n) is 6.47. The van der Waals surface area contributed by atoms with Crippen LogP contribution >= 0.6 is 0 Å². The molecule has 4 nitrogen and oxygen atoms in total. The Kier molecular flexibility index (Phi) is 3.17. The molecule has 5 heteroatoms. The summed E-state index contributed by atoms with van der Waals surface area (Å²) in [5.41, 5.74) is 2.81. The van der Waals surface area contributed by atoms with Gasteiger partial charge in [-0.15, -0.1) is 0 Å². The van der Waals surface area contributed by atoms with Gasteiger partial charge in [-0.3, -0.25) is 4.79 Å². The van der Waals surface area contributed by atoms with Crippen LogP contribution in [0.4, 0.5) is 10.1 Å². The molecule has 0 aliphatic rings. The third kappa shape index (κ3) is 2.63. The minimum Gasteiger partial charge on any atom is -0.441 e. The van der Waals surface area contributed by atoms with E-state index in [2.05, 4.69) is 10.3 Å². The van der Waals surface area contributed by atoms with Crippen LogP contribution in [-0.2, 0) is 0 Å². The predicted octanol–water partition coefficient (Wildman–Crippen LogP) is 3.84. The third-order valence-electron chi connectivity index (χ3n) is 3.17. The molecular weight excluding hydrogens is 271 g/mol. The number of benzene rings is 2. The molecular formula is C16H13FN2O2. The smallest absolute Gasteiger partial charge is 0.255 e. The monoisotopic (exact) mass is 284 g/mol. The second kappa shape index (κ2) is 5.01. The molecule has 21 heavy (non-hydrogen) atoms. The lowest BCUT2D eigenvalue weighted by molar-refractivity contribution is 0.102. The van der Waals surface area contributed by atoms with E-state index in [1.807, 2.05) is 0 Å². The maximum atomic E-state index is 13.2. The highest BCUT2D eigenvalue weighted by Crippen LogP contribution is 2.20. The highest BCUT2D eigenvalue weighted by Gasteiger charge is 2.09. The third-order valence-corrected chi connectivity index (χ3v) is 3.17. The Morgan fingerprint density at radius 2 is 2.00 bits per heavy atom. The van der Waals surface area contributed by atoms with Crippen LogP contribution in [-0.4, -0.2) is 10.9 Å². The topological polar surface area (TPSA) is 55.1 Å². The van der Waals surface area contributed by atoms with E-state index in [0.29, 0.717) is 33.8 Å². The predicted molar refractivity (Wildman–Crippen MR) is 77.8 cm³/mol. The SMILES string of the molecule is Cc1nc2cc(NC(=O)c3ccc(F)c(C)c3)ccc2o1. The first-order chi connectivity index (χ1) is 10.0. The summed E-state index contributed by atoms with van der Waals surface area (Å²) in [4.78, 5) is 16.4. The van der Waals surface area contributed by atoms with E-state index < -0.39 is 0 Å².